The van der Waals surface area contributed by atoms with E-state index in [1.807, 2.05) is 31.5 Å². The van der Waals surface area contributed by atoms with Crippen LogP contribution in [-0.2, 0) is 11.2 Å². The summed E-state index contributed by atoms with van der Waals surface area (Å²) in [5.74, 6) is 0.661. The van der Waals surface area contributed by atoms with Crippen molar-refractivity contribution in [1.29, 1.82) is 0 Å². The van der Waals surface area contributed by atoms with E-state index in [9.17, 15) is 4.79 Å². The predicted molar refractivity (Wildman–Crippen MR) is 60.9 cm³/mol. The summed E-state index contributed by atoms with van der Waals surface area (Å²) in [4.78, 5) is 22.6. The molecule has 0 saturated carbocycles. The summed E-state index contributed by atoms with van der Waals surface area (Å²) in [6.07, 6.45) is 4.01. The first-order valence-corrected chi connectivity index (χ1v) is 5.12. The molecule has 0 amide bonds. The number of carbonyl (C=O) groups excluding carboxylic acids is 1. The first kappa shape index (κ1) is 10.5. The molecular formula is C12H13N3O. The molecule has 0 aliphatic heterocycles. The van der Waals surface area contributed by atoms with Crippen molar-refractivity contribution in [2.24, 2.45) is 0 Å². The van der Waals surface area contributed by atoms with Gasteiger partial charge in [-0.15, -0.1) is 0 Å². The van der Waals surface area contributed by atoms with E-state index in [1.165, 1.54) is 0 Å². The number of hydrogen-bond acceptors (Lipinski definition) is 3. The highest BCUT2D eigenvalue weighted by molar-refractivity contribution is 5.77. The molecule has 0 radical (unpaired) electrons. The average molecular weight is 215 g/mol. The van der Waals surface area contributed by atoms with E-state index in [2.05, 4.69) is 15.0 Å². The standard InChI is InChI=1S/C12H13N3O/c1-8-5-11(10-3-4-13-7-10)15-12(14-8)6-9(2)16/h3-5,7,13H,6H2,1-2H3. The van der Waals surface area contributed by atoms with Gasteiger partial charge >= 0.3 is 0 Å². The van der Waals surface area contributed by atoms with Crippen LogP contribution >= 0.6 is 0 Å². The monoisotopic (exact) mass is 215 g/mol. The van der Waals surface area contributed by atoms with Gasteiger partial charge in [0, 0.05) is 23.7 Å². The molecule has 0 atom stereocenters. The van der Waals surface area contributed by atoms with Crippen molar-refractivity contribution < 1.29 is 4.79 Å². The lowest BCUT2D eigenvalue weighted by Crippen LogP contribution is -2.04. The topological polar surface area (TPSA) is 58.6 Å². The van der Waals surface area contributed by atoms with Crippen LogP contribution in [0.1, 0.15) is 18.4 Å². The van der Waals surface area contributed by atoms with Crippen molar-refractivity contribution >= 4 is 5.78 Å². The Hall–Kier alpha value is -1.97. The lowest BCUT2D eigenvalue weighted by Gasteiger charge is -2.03. The second-order valence-electron chi connectivity index (χ2n) is 3.79. The van der Waals surface area contributed by atoms with Gasteiger partial charge in [0.2, 0.25) is 0 Å². The van der Waals surface area contributed by atoms with Gasteiger partial charge < -0.3 is 4.98 Å². The Morgan fingerprint density at radius 1 is 1.44 bits per heavy atom. The van der Waals surface area contributed by atoms with Gasteiger partial charge in [-0.1, -0.05) is 0 Å². The largest absolute Gasteiger partial charge is 0.367 e. The number of ketones is 1. The number of nitrogens with one attached hydrogen (secondary N) is 1. The molecule has 4 nitrogen and oxygen atoms in total. The molecule has 0 aromatic carbocycles. The Balaban J connectivity index is 2.40. The molecule has 1 N–H and O–H groups in total. The number of aromatic amines is 1. The fraction of sp³-hybridized carbons (Fsp3) is 0.250. The van der Waals surface area contributed by atoms with Gasteiger partial charge in [0.05, 0.1) is 12.1 Å². The van der Waals surface area contributed by atoms with E-state index in [1.54, 1.807) is 6.92 Å². The number of rotatable bonds is 3. The summed E-state index contributed by atoms with van der Waals surface area (Å²) in [6, 6.07) is 3.85. The second-order valence-corrected chi connectivity index (χ2v) is 3.79. The maximum atomic E-state index is 11.0. The minimum Gasteiger partial charge on any atom is -0.367 e. The number of H-pyrrole nitrogens is 1. The second kappa shape index (κ2) is 4.26. The SMILES string of the molecule is CC(=O)Cc1nc(C)cc(-c2cc[nH]c2)n1. The van der Waals surface area contributed by atoms with Crippen LogP contribution in [-0.4, -0.2) is 20.7 Å². The summed E-state index contributed by atoms with van der Waals surface area (Å²) in [6.45, 7) is 3.45. The summed E-state index contributed by atoms with van der Waals surface area (Å²) < 4.78 is 0. The van der Waals surface area contributed by atoms with E-state index in [0.717, 1.165) is 17.0 Å². The first-order valence-electron chi connectivity index (χ1n) is 5.12. The molecule has 2 aromatic rings. The smallest absolute Gasteiger partial charge is 0.137 e. The highest BCUT2D eigenvalue weighted by Crippen LogP contribution is 2.16. The van der Waals surface area contributed by atoms with E-state index < -0.39 is 0 Å². The van der Waals surface area contributed by atoms with Crippen LogP contribution in [0.2, 0.25) is 0 Å². The molecule has 4 heteroatoms. The maximum Gasteiger partial charge on any atom is 0.137 e. The highest BCUT2D eigenvalue weighted by Gasteiger charge is 2.06. The first-order chi connectivity index (χ1) is 7.65. The van der Waals surface area contributed by atoms with Crippen LogP contribution in [0.5, 0.6) is 0 Å². The minimum atomic E-state index is 0.0746. The van der Waals surface area contributed by atoms with Crippen LogP contribution in [0.4, 0.5) is 0 Å². The van der Waals surface area contributed by atoms with Crippen LogP contribution < -0.4 is 0 Å². The summed E-state index contributed by atoms with van der Waals surface area (Å²) >= 11 is 0. The van der Waals surface area contributed by atoms with Crippen LogP contribution in [0, 0.1) is 6.92 Å². The molecule has 0 saturated heterocycles. The normalized spacial score (nSPS) is 10.4. The average Bonchev–Trinajstić information content (AvgIpc) is 2.67. The van der Waals surface area contributed by atoms with Gasteiger partial charge in [-0.25, -0.2) is 9.97 Å². The van der Waals surface area contributed by atoms with Crippen LogP contribution in [0.3, 0.4) is 0 Å². The highest BCUT2D eigenvalue weighted by atomic mass is 16.1. The molecule has 0 bridgehead atoms. The van der Waals surface area contributed by atoms with Gasteiger partial charge in [-0.2, -0.15) is 0 Å². The van der Waals surface area contributed by atoms with Gasteiger partial charge in [0.25, 0.3) is 0 Å². The summed E-state index contributed by atoms with van der Waals surface area (Å²) in [5, 5.41) is 0. The minimum absolute atomic E-state index is 0.0746. The predicted octanol–water partition coefficient (Wildman–Crippen LogP) is 1.91. The quantitative estimate of drug-likeness (QED) is 0.850. The molecular weight excluding hydrogens is 202 g/mol. The number of Topliss-reactive ketones (excluding diaryl/α,β-unsaturated/α-hetero) is 1. The van der Waals surface area contributed by atoms with Crippen molar-refractivity contribution in [2.45, 2.75) is 20.3 Å². The number of carbonyl (C=O) groups is 1. The molecule has 0 aliphatic carbocycles. The fourth-order valence-corrected chi connectivity index (χ4v) is 1.56. The zero-order valence-electron chi connectivity index (χ0n) is 9.32. The van der Waals surface area contributed by atoms with E-state index >= 15 is 0 Å². The zero-order chi connectivity index (χ0) is 11.5. The molecule has 16 heavy (non-hydrogen) atoms. The Morgan fingerprint density at radius 2 is 2.25 bits per heavy atom. The fourth-order valence-electron chi connectivity index (χ4n) is 1.56. The molecule has 82 valence electrons. The number of hydrogen-bond donors (Lipinski definition) is 1. The van der Waals surface area contributed by atoms with Crippen molar-refractivity contribution in [3.63, 3.8) is 0 Å². The molecule has 2 rings (SSSR count). The third kappa shape index (κ3) is 2.34. The summed E-state index contributed by atoms with van der Waals surface area (Å²) in [7, 11) is 0. The number of aromatic nitrogens is 3. The van der Waals surface area contributed by atoms with E-state index in [-0.39, 0.29) is 5.78 Å². The number of nitrogens with zero attached hydrogens (tertiary/aromatic N) is 2. The third-order valence-corrected chi connectivity index (χ3v) is 2.20. The Labute approximate surface area is 93.8 Å². The van der Waals surface area contributed by atoms with Crippen molar-refractivity contribution in [3.8, 4) is 11.3 Å². The van der Waals surface area contributed by atoms with E-state index in [0.29, 0.717) is 12.2 Å². The third-order valence-electron chi connectivity index (χ3n) is 2.20. The lowest BCUT2D eigenvalue weighted by molar-refractivity contribution is -0.116. The molecule has 0 aliphatic rings. The van der Waals surface area contributed by atoms with Gasteiger partial charge in [0.1, 0.15) is 11.6 Å². The van der Waals surface area contributed by atoms with Gasteiger partial charge in [-0.3, -0.25) is 4.79 Å². The summed E-state index contributed by atoms with van der Waals surface area (Å²) in [5.41, 5.74) is 2.74. The molecule has 2 heterocycles. The maximum absolute atomic E-state index is 11.0. The lowest BCUT2D eigenvalue weighted by atomic mass is 10.2. The molecule has 0 fully saturated rings. The zero-order valence-corrected chi connectivity index (χ0v) is 9.32. The van der Waals surface area contributed by atoms with Crippen LogP contribution in [0.15, 0.2) is 24.5 Å². The number of aryl methyl sites for hydroxylation is 1. The Bertz CT molecular complexity index is 503. The van der Waals surface area contributed by atoms with Gasteiger partial charge in [0.15, 0.2) is 0 Å². The Kier molecular flexibility index (Phi) is 2.81. The van der Waals surface area contributed by atoms with Crippen LogP contribution in [0.25, 0.3) is 11.3 Å². The molecule has 0 unspecified atom stereocenters. The Morgan fingerprint density at radius 3 is 2.88 bits per heavy atom. The van der Waals surface area contributed by atoms with Crippen molar-refractivity contribution in [2.75, 3.05) is 0 Å². The van der Waals surface area contributed by atoms with E-state index in [4.69, 9.17) is 0 Å². The molecule has 2 aromatic heterocycles. The van der Waals surface area contributed by atoms with Crippen molar-refractivity contribution in [3.05, 3.63) is 36.0 Å². The van der Waals surface area contributed by atoms with Crippen molar-refractivity contribution in [1.82, 2.24) is 15.0 Å². The van der Waals surface area contributed by atoms with Gasteiger partial charge in [-0.05, 0) is 26.0 Å². The molecule has 0 spiro atoms.